The van der Waals surface area contributed by atoms with Gasteiger partial charge in [-0.15, -0.1) is 0 Å². The summed E-state index contributed by atoms with van der Waals surface area (Å²) in [6.07, 6.45) is 2.81. The standard InChI is InChI=1S/C21H18N2O6/c1-3-27-20(25)17-11(2)22-21(26)23-18(17)14-10-29-16-7-6-12(9-13(16)19(14)24)15-5-4-8-28-15/h4-10,18H,3H2,1-2H3,(H2,22,23,26). The summed E-state index contributed by atoms with van der Waals surface area (Å²) in [5.74, 6) is -0.0128. The Hall–Kier alpha value is -3.81. The van der Waals surface area contributed by atoms with Crippen LogP contribution in [0.3, 0.4) is 0 Å². The van der Waals surface area contributed by atoms with Gasteiger partial charge in [0.1, 0.15) is 17.6 Å². The molecule has 148 valence electrons. The maximum Gasteiger partial charge on any atom is 0.338 e. The SMILES string of the molecule is CCOC(=O)C1=C(C)NC(=O)NC1c1coc2ccc(-c3ccco3)cc2c1=O. The van der Waals surface area contributed by atoms with Crippen LogP contribution >= 0.6 is 0 Å². The van der Waals surface area contributed by atoms with Crippen LogP contribution in [-0.4, -0.2) is 18.6 Å². The summed E-state index contributed by atoms with van der Waals surface area (Å²) in [4.78, 5) is 37.7. The van der Waals surface area contributed by atoms with Gasteiger partial charge in [-0.25, -0.2) is 9.59 Å². The lowest BCUT2D eigenvalue weighted by molar-refractivity contribution is -0.139. The Morgan fingerprint density at radius 2 is 2.03 bits per heavy atom. The molecule has 0 aliphatic carbocycles. The molecule has 0 saturated carbocycles. The molecule has 0 spiro atoms. The van der Waals surface area contributed by atoms with E-state index in [1.54, 1.807) is 50.4 Å². The van der Waals surface area contributed by atoms with Gasteiger partial charge in [0.15, 0.2) is 5.43 Å². The first kappa shape index (κ1) is 18.5. The molecule has 8 nitrogen and oxygen atoms in total. The summed E-state index contributed by atoms with van der Waals surface area (Å²) in [5.41, 5.74) is 1.33. The summed E-state index contributed by atoms with van der Waals surface area (Å²) in [6, 6.07) is 7.14. The lowest BCUT2D eigenvalue weighted by Gasteiger charge is -2.27. The predicted octanol–water partition coefficient (Wildman–Crippen LogP) is 3.24. The second kappa shape index (κ2) is 7.31. The van der Waals surface area contributed by atoms with E-state index in [4.69, 9.17) is 13.6 Å². The third kappa shape index (κ3) is 3.29. The number of amides is 2. The molecule has 0 radical (unpaired) electrons. The third-order valence-electron chi connectivity index (χ3n) is 4.68. The molecule has 3 heterocycles. The molecule has 1 atom stereocenters. The van der Waals surface area contributed by atoms with Gasteiger partial charge in [0.25, 0.3) is 0 Å². The van der Waals surface area contributed by atoms with E-state index in [1.165, 1.54) is 6.26 Å². The van der Waals surface area contributed by atoms with E-state index in [0.717, 1.165) is 0 Å². The topological polar surface area (TPSA) is 111 Å². The average Bonchev–Trinajstić information content (AvgIpc) is 3.22. The molecule has 1 aliphatic heterocycles. The minimum Gasteiger partial charge on any atom is -0.464 e. The monoisotopic (exact) mass is 394 g/mol. The number of hydrogen-bond acceptors (Lipinski definition) is 6. The molecular weight excluding hydrogens is 376 g/mol. The third-order valence-corrected chi connectivity index (χ3v) is 4.68. The quantitative estimate of drug-likeness (QED) is 0.657. The highest BCUT2D eigenvalue weighted by atomic mass is 16.5. The van der Waals surface area contributed by atoms with Crippen LogP contribution in [0.4, 0.5) is 4.79 Å². The minimum absolute atomic E-state index is 0.131. The van der Waals surface area contributed by atoms with Crippen LogP contribution in [0.1, 0.15) is 25.5 Å². The fraction of sp³-hybridized carbons (Fsp3) is 0.190. The van der Waals surface area contributed by atoms with Crippen LogP contribution in [0, 0.1) is 0 Å². The number of allylic oxidation sites excluding steroid dienone is 1. The normalized spacial score (nSPS) is 16.5. The number of hydrogen-bond donors (Lipinski definition) is 2. The van der Waals surface area contributed by atoms with Gasteiger partial charge in [0, 0.05) is 11.3 Å². The largest absolute Gasteiger partial charge is 0.464 e. The van der Waals surface area contributed by atoms with E-state index in [-0.39, 0.29) is 23.2 Å². The maximum absolute atomic E-state index is 13.3. The highest BCUT2D eigenvalue weighted by Crippen LogP contribution is 2.29. The number of rotatable bonds is 4. The van der Waals surface area contributed by atoms with Crippen molar-refractivity contribution in [3.63, 3.8) is 0 Å². The molecule has 1 aliphatic rings. The minimum atomic E-state index is -0.990. The molecule has 2 aromatic heterocycles. The molecule has 3 aromatic rings. The van der Waals surface area contributed by atoms with Crippen molar-refractivity contribution in [1.29, 1.82) is 0 Å². The number of nitrogens with one attached hydrogen (secondary N) is 2. The highest BCUT2D eigenvalue weighted by molar-refractivity contribution is 5.95. The van der Waals surface area contributed by atoms with Crippen molar-refractivity contribution >= 4 is 23.0 Å². The van der Waals surface area contributed by atoms with Crippen LogP contribution < -0.4 is 16.1 Å². The van der Waals surface area contributed by atoms with Crippen molar-refractivity contribution < 1.29 is 23.2 Å². The predicted molar refractivity (Wildman–Crippen MR) is 104 cm³/mol. The molecule has 1 aromatic carbocycles. The first-order valence-corrected chi connectivity index (χ1v) is 9.04. The van der Waals surface area contributed by atoms with E-state index in [0.29, 0.717) is 28.0 Å². The molecule has 29 heavy (non-hydrogen) atoms. The van der Waals surface area contributed by atoms with E-state index in [9.17, 15) is 14.4 Å². The Bertz CT molecular complexity index is 1190. The molecule has 4 rings (SSSR count). The zero-order chi connectivity index (χ0) is 20.5. The van der Waals surface area contributed by atoms with Gasteiger partial charge in [-0.3, -0.25) is 4.79 Å². The Labute approximate surface area is 165 Å². The van der Waals surface area contributed by atoms with Crippen LogP contribution in [0.2, 0.25) is 0 Å². The lowest BCUT2D eigenvalue weighted by Crippen LogP contribution is -2.46. The van der Waals surface area contributed by atoms with Gasteiger partial charge in [0.05, 0.1) is 35.4 Å². The molecule has 0 saturated heterocycles. The number of benzene rings is 1. The zero-order valence-electron chi connectivity index (χ0n) is 15.8. The van der Waals surface area contributed by atoms with Crippen molar-refractivity contribution in [1.82, 2.24) is 10.6 Å². The molecule has 0 bridgehead atoms. The Morgan fingerprint density at radius 1 is 1.21 bits per heavy atom. The van der Waals surface area contributed by atoms with Crippen LogP contribution in [0.25, 0.3) is 22.3 Å². The fourth-order valence-electron chi connectivity index (χ4n) is 3.35. The first-order valence-electron chi connectivity index (χ1n) is 9.04. The van der Waals surface area contributed by atoms with Crippen molar-refractivity contribution in [3.05, 3.63) is 69.9 Å². The van der Waals surface area contributed by atoms with Crippen molar-refractivity contribution in [2.75, 3.05) is 6.61 Å². The number of carbonyl (C=O) groups excluding carboxylic acids is 2. The maximum atomic E-state index is 13.3. The van der Waals surface area contributed by atoms with Gasteiger partial charge in [0.2, 0.25) is 0 Å². The second-order valence-corrected chi connectivity index (χ2v) is 6.50. The molecule has 1 unspecified atom stereocenters. The Kier molecular flexibility index (Phi) is 4.67. The van der Waals surface area contributed by atoms with E-state index in [2.05, 4.69) is 10.6 Å². The number of urea groups is 1. The summed E-state index contributed by atoms with van der Waals surface area (Å²) in [6.45, 7) is 3.42. The van der Waals surface area contributed by atoms with Crippen molar-refractivity contribution in [3.8, 4) is 11.3 Å². The highest BCUT2D eigenvalue weighted by Gasteiger charge is 2.34. The van der Waals surface area contributed by atoms with Gasteiger partial charge in [-0.1, -0.05) is 0 Å². The smallest absolute Gasteiger partial charge is 0.338 e. The zero-order valence-corrected chi connectivity index (χ0v) is 15.8. The summed E-state index contributed by atoms with van der Waals surface area (Å²) in [7, 11) is 0. The van der Waals surface area contributed by atoms with Gasteiger partial charge < -0.3 is 24.2 Å². The number of ether oxygens (including phenoxy) is 1. The van der Waals surface area contributed by atoms with Crippen LogP contribution in [-0.2, 0) is 9.53 Å². The second-order valence-electron chi connectivity index (χ2n) is 6.50. The van der Waals surface area contributed by atoms with E-state index < -0.39 is 18.0 Å². The van der Waals surface area contributed by atoms with Gasteiger partial charge in [-0.2, -0.15) is 0 Å². The van der Waals surface area contributed by atoms with Crippen LogP contribution in [0.15, 0.2) is 67.8 Å². The molecule has 2 N–H and O–H groups in total. The van der Waals surface area contributed by atoms with Crippen molar-refractivity contribution in [2.24, 2.45) is 0 Å². The molecule has 2 amide bonds. The molecule has 0 fully saturated rings. The average molecular weight is 394 g/mol. The number of carbonyl (C=O) groups is 2. The molecule has 8 heteroatoms. The lowest BCUT2D eigenvalue weighted by atomic mass is 9.95. The summed E-state index contributed by atoms with van der Waals surface area (Å²) < 4.78 is 16.1. The molecular formula is C21H18N2O6. The fourth-order valence-corrected chi connectivity index (χ4v) is 3.35. The Balaban J connectivity index is 1.87. The van der Waals surface area contributed by atoms with Gasteiger partial charge >= 0.3 is 12.0 Å². The first-order chi connectivity index (χ1) is 14.0. The van der Waals surface area contributed by atoms with Gasteiger partial charge in [-0.05, 0) is 44.2 Å². The number of fused-ring (bicyclic) bond motifs is 1. The summed E-state index contributed by atoms with van der Waals surface area (Å²) >= 11 is 0. The van der Waals surface area contributed by atoms with Crippen LogP contribution in [0.5, 0.6) is 0 Å². The Morgan fingerprint density at radius 3 is 2.76 bits per heavy atom. The van der Waals surface area contributed by atoms with Crippen molar-refractivity contribution in [2.45, 2.75) is 19.9 Å². The summed E-state index contributed by atoms with van der Waals surface area (Å²) in [5, 5.41) is 5.46. The van der Waals surface area contributed by atoms with E-state index >= 15 is 0 Å². The van der Waals surface area contributed by atoms with E-state index in [1.807, 2.05) is 0 Å². The number of furan rings is 1. The number of esters is 1.